The minimum absolute atomic E-state index is 0.715. The number of thiazole rings is 1. The van der Waals surface area contributed by atoms with Gasteiger partial charge in [-0.1, -0.05) is 152 Å². The van der Waals surface area contributed by atoms with Crippen LogP contribution in [0, 0.1) is 0 Å². The van der Waals surface area contributed by atoms with Gasteiger partial charge < -0.3 is 0 Å². The van der Waals surface area contributed by atoms with Crippen LogP contribution in [0.5, 0.6) is 0 Å². The molecule has 11 aromatic rings. The van der Waals surface area contributed by atoms with Crippen molar-refractivity contribution in [2.45, 2.75) is 0 Å². The van der Waals surface area contributed by atoms with E-state index in [4.69, 9.17) is 9.97 Å². The molecule has 3 nitrogen and oxygen atoms in total. The summed E-state index contributed by atoms with van der Waals surface area (Å²) < 4.78 is 3.72. The smallest absolute Gasteiger partial charge is 0.161 e. The van der Waals surface area contributed by atoms with Crippen LogP contribution in [0.2, 0.25) is 0 Å². The van der Waals surface area contributed by atoms with Crippen molar-refractivity contribution in [1.29, 1.82) is 0 Å². The van der Waals surface area contributed by atoms with Crippen molar-refractivity contribution in [2.24, 2.45) is 0 Å². The molecule has 11 rings (SSSR count). The van der Waals surface area contributed by atoms with Gasteiger partial charge in [0.1, 0.15) is 4.83 Å². The fraction of sp³-hybridized carbons (Fsp3) is 0. The molecule has 0 saturated heterocycles. The summed E-state index contributed by atoms with van der Waals surface area (Å²) in [6.07, 6.45) is 0. The van der Waals surface area contributed by atoms with Gasteiger partial charge in [0, 0.05) is 27.6 Å². The van der Waals surface area contributed by atoms with E-state index in [2.05, 4.69) is 192 Å². The van der Waals surface area contributed by atoms with Gasteiger partial charge >= 0.3 is 0 Å². The molecular formula is C50H31N3S. The molecule has 0 aliphatic heterocycles. The Morgan fingerprint density at radius 3 is 1.70 bits per heavy atom. The first-order valence-electron chi connectivity index (χ1n) is 18.2. The van der Waals surface area contributed by atoms with Gasteiger partial charge in [-0.3, -0.25) is 4.40 Å². The Kier molecular flexibility index (Phi) is 7.04. The zero-order valence-electron chi connectivity index (χ0n) is 29.1. The fourth-order valence-electron chi connectivity index (χ4n) is 8.10. The minimum atomic E-state index is 0.715. The van der Waals surface area contributed by atoms with Gasteiger partial charge in [0.25, 0.3) is 0 Å². The largest absolute Gasteiger partial charge is 0.299 e. The quantitative estimate of drug-likeness (QED) is 0.178. The average Bonchev–Trinajstić information content (AvgIpc) is 3.78. The molecule has 3 aromatic heterocycles. The van der Waals surface area contributed by atoms with Crippen LogP contribution < -0.4 is 0 Å². The van der Waals surface area contributed by atoms with Crippen LogP contribution in [0.4, 0.5) is 0 Å². The van der Waals surface area contributed by atoms with Gasteiger partial charge in [0.05, 0.1) is 27.1 Å². The summed E-state index contributed by atoms with van der Waals surface area (Å²) >= 11 is 1.86. The molecule has 0 bridgehead atoms. The van der Waals surface area contributed by atoms with E-state index in [0.717, 1.165) is 44.6 Å². The van der Waals surface area contributed by atoms with Crippen LogP contribution in [0.3, 0.4) is 0 Å². The number of nitrogens with zero attached hydrogens (tertiary/aromatic N) is 3. The molecule has 0 aliphatic rings. The Balaban J connectivity index is 1.08. The van der Waals surface area contributed by atoms with Gasteiger partial charge in [0.2, 0.25) is 0 Å². The molecule has 0 saturated carbocycles. The summed E-state index contributed by atoms with van der Waals surface area (Å²) in [5.41, 5.74) is 12.2. The van der Waals surface area contributed by atoms with Crippen LogP contribution in [0.1, 0.15) is 0 Å². The SMILES string of the molecule is c1cc(-c2cccc(-c3c4ccccc4n4c3sc3ccccc34)c2)cc(-c2cc(-c3cccc4ccccc34)nc(-c3cccc4ccccc34)n2)c1. The standard InChI is InChI=1S/C50H31N3S/c1-3-21-38-32(13-1)15-11-24-40(38)44-31-43(51-49(52-44)41-25-12-16-33-14-2-4-22-39(33)41)36-19-9-17-34(29-36)35-18-10-20-37(30-35)48-42-23-5-6-26-45(42)53-46-27-7-8-28-47(46)54-50(48)53/h1-31H. The zero-order valence-corrected chi connectivity index (χ0v) is 30.0. The van der Waals surface area contributed by atoms with Crippen molar-refractivity contribution in [1.82, 2.24) is 14.4 Å². The first-order chi connectivity index (χ1) is 26.8. The summed E-state index contributed by atoms with van der Waals surface area (Å²) in [5.74, 6) is 0.715. The van der Waals surface area contributed by atoms with Crippen LogP contribution >= 0.6 is 11.3 Å². The second-order valence-corrected chi connectivity index (χ2v) is 14.8. The zero-order chi connectivity index (χ0) is 35.6. The lowest BCUT2D eigenvalue weighted by atomic mass is 9.96. The summed E-state index contributed by atoms with van der Waals surface area (Å²) in [6.45, 7) is 0. The Morgan fingerprint density at radius 2 is 0.926 bits per heavy atom. The van der Waals surface area contributed by atoms with Crippen LogP contribution in [-0.4, -0.2) is 14.4 Å². The van der Waals surface area contributed by atoms with Crippen molar-refractivity contribution in [3.05, 3.63) is 188 Å². The molecule has 4 heteroatoms. The van der Waals surface area contributed by atoms with E-state index in [0.29, 0.717) is 5.82 Å². The molecule has 0 spiro atoms. The lowest BCUT2D eigenvalue weighted by Crippen LogP contribution is -1.97. The molecule has 0 radical (unpaired) electrons. The number of hydrogen-bond donors (Lipinski definition) is 0. The third-order valence-corrected chi connectivity index (χ3v) is 11.8. The highest BCUT2D eigenvalue weighted by atomic mass is 32.1. The van der Waals surface area contributed by atoms with E-state index in [1.54, 1.807) is 0 Å². The molecule has 0 amide bonds. The van der Waals surface area contributed by atoms with E-state index in [1.807, 2.05) is 11.3 Å². The van der Waals surface area contributed by atoms with Crippen molar-refractivity contribution in [3.8, 4) is 56.2 Å². The molecule has 0 aliphatic carbocycles. The van der Waals surface area contributed by atoms with Gasteiger partial charge in [-0.05, 0) is 74.6 Å². The van der Waals surface area contributed by atoms with E-state index < -0.39 is 0 Å². The maximum atomic E-state index is 5.30. The number of rotatable bonds is 5. The highest BCUT2D eigenvalue weighted by Crippen LogP contribution is 2.43. The molecule has 252 valence electrons. The third kappa shape index (κ3) is 4.96. The normalized spacial score (nSPS) is 11.7. The number of hydrogen-bond acceptors (Lipinski definition) is 3. The Morgan fingerprint density at radius 1 is 0.389 bits per heavy atom. The van der Waals surface area contributed by atoms with Crippen molar-refractivity contribution in [2.75, 3.05) is 0 Å². The van der Waals surface area contributed by atoms with Crippen LogP contribution in [0.25, 0.3) is 104 Å². The molecule has 0 N–H and O–H groups in total. The molecule has 3 heterocycles. The molecule has 0 unspecified atom stereocenters. The first kappa shape index (κ1) is 30.7. The van der Waals surface area contributed by atoms with Crippen molar-refractivity contribution >= 4 is 58.8 Å². The lowest BCUT2D eigenvalue weighted by Gasteiger charge is -2.13. The van der Waals surface area contributed by atoms with Crippen molar-refractivity contribution < 1.29 is 0 Å². The highest BCUT2D eigenvalue weighted by Gasteiger charge is 2.19. The first-order valence-corrected chi connectivity index (χ1v) is 19.1. The van der Waals surface area contributed by atoms with E-state index in [-0.39, 0.29) is 0 Å². The van der Waals surface area contributed by atoms with E-state index in [9.17, 15) is 0 Å². The van der Waals surface area contributed by atoms with Gasteiger partial charge in [0.15, 0.2) is 5.82 Å². The summed E-state index contributed by atoms with van der Waals surface area (Å²) in [4.78, 5) is 11.8. The minimum Gasteiger partial charge on any atom is -0.299 e. The average molecular weight is 706 g/mol. The second kappa shape index (κ2) is 12.4. The van der Waals surface area contributed by atoms with E-state index >= 15 is 0 Å². The van der Waals surface area contributed by atoms with Crippen LogP contribution in [0.15, 0.2) is 188 Å². The maximum Gasteiger partial charge on any atom is 0.161 e. The summed E-state index contributed by atoms with van der Waals surface area (Å²) in [6, 6.07) is 67.2. The van der Waals surface area contributed by atoms with Crippen LogP contribution in [-0.2, 0) is 0 Å². The van der Waals surface area contributed by atoms with Gasteiger partial charge in [-0.15, -0.1) is 11.3 Å². The molecule has 8 aromatic carbocycles. The maximum absolute atomic E-state index is 5.30. The Bertz CT molecular complexity index is 3130. The highest BCUT2D eigenvalue weighted by molar-refractivity contribution is 7.24. The summed E-state index contributed by atoms with van der Waals surface area (Å²) in [7, 11) is 0. The third-order valence-electron chi connectivity index (χ3n) is 10.6. The van der Waals surface area contributed by atoms with Gasteiger partial charge in [-0.25, -0.2) is 9.97 Å². The number of benzene rings is 8. The molecule has 54 heavy (non-hydrogen) atoms. The number of para-hydroxylation sites is 2. The number of aromatic nitrogens is 3. The molecule has 0 fully saturated rings. The van der Waals surface area contributed by atoms with E-state index in [1.165, 1.54) is 53.2 Å². The summed E-state index contributed by atoms with van der Waals surface area (Å²) in [5, 5.41) is 5.93. The lowest BCUT2D eigenvalue weighted by molar-refractivity contribution is 1.19. The number of fused-ring (bicyclic) bond motifs is 7. The predicted molar refractivity (Wildman–Crippen MR) is 228 cm³/mol. The monoisotopic (exact) mass is 705 g/mol. The molecular weight excluding hydrogens is 675 g/mol. The van der Waals surface area contributed by atoms with Crippen molar-refractivity contribution in [3.63, 3.8) is 0 Å². The van der Waals surface area contributed by atoms with Gasteiger partial charge in [-0.2, -0.15) is 0 Å². The Hall–Kier alpha value is -6.88. The topological polar surface area (TPSA) is 30.2 Å². The second-order valence-electron chi connectivity index (χ2n) is 13.8. The molecule has 0 atom stereocenters. The Labute approximate surface area is 316 Å². The predicted octanol–water partition coefficient (Wildman–Crippen LogP) is 13.7. The fourth-order valence-corrected chi connectivity index (χ4v) is 9.34.